The van der Waals surface area contributed by atoms with Gasteiger partial charge in [-0.05, 0) is 49.0 Å². The average molecular weight is 580 g/mol. The summed E-state index contributed by atoms with van der Waals surface area (Å²) in [4.78, 5) is 18.7. The number of fused-ring (bicyclic) bond motifs is 1. The molecule has 6 rings (SSSR count). The molecule has 0 aliphatic carbocycles. The van der Waals surface area contributed by atoms with E-state index in [2.05, 4.69) is 27.8 Å². The fraction of sp³-hybridized carbons (Fsp3) is 0.400. The molecular weight excluding hydrogens is 546 g/mol. The standard InChI is InChI=1S/C30H34ClN5O3S/c1-34-9-11-35(12-10-34)19-24-18-26-28(40-24)30(36-13-15-38-16-14-36)33-29(32-26)22-5-8-25(31)27(17-22)39-20-21-3-6-23(37-2)7-4-21/h3-8,17-18H,9-16,19-20H2,1-2H3. The van der Waals surface area contributed by atoms with Crippen LogP contribution >= 0.6 is 22.9 Å². The number of methoxy groups -OCH3 is 1. The molecule has 0 spiro atoms. The fourth-order valence-electron chi connectivity index (χ4n) is 5.02. The van der Waals surface area contributed by atoms with Crippen molar-refractivity contribution in [3.63, 3.8) is 0 Å². The summed E-state index contributed by atoms with van der Waals surface area (Å²) in [5.41, 5.74) is 2.88. The second-order valence-electron chi connectivity index (χ2n) is 10.3. The first-order chi connectivity index (χ1) is 19.6. The molecule has 0 atom stereocenters. The van der Waals surface area contributed by atoms with Gasteiger partial charge in [0.25, 0.3) is 0 Å². The van der Waals surface area contributed by atoms with E-state index in [0.717, 1.165) is 78.7 Å². The number of halogens is 1. The number of likely N-dealkylation sites (N-methyl/N-ethyl adjacent to an activating group) is 1. The van der Waals surface area contributed by atoms with E-state index in [1.807, 2.05) is 53.8 Å². The van der Waals surface area contributed by atoms with Crippen LogP contribution in [0, 0.1) is 0 Å². The van der Waals surface area contributed by atoms with Crippen LogP contribution in [-0.2, 0) is 17.9 Å². The molecule has 0 saturated carbocycles. The van der Waals surface area contributed by atoms with Crippen LogP contribution in [0.1, 0.15) is 10.4 Å². The molecule has 2 aliphatic heterocycles. The smallest absolute Gasteiger partial charge is 0.162 e. The van der Waals surface area contributed by atoms with Gasteiger partial charge in [-0.1, -0.05) is 23.7 Å². The van der Waals surface area contributed by atoms with E-state index in [-0.39, 0.29) is 0 Å². The van der Waals surface area contributed by atoms with Crippen LogP contribution in [0.15, 0.2) is 48.5 Å². The van der Waals surface area contributed by atoms with E-state index in [4.69, 9.17) is 35.8 Å². The average Bonchev–Trinajstić information content (AvgIpc) is 3.40. The molecular formula is C30H34ClN5O3S. The molecule has 0 N–H and O–H groups in total. The van der Waals surface area contributed by atoms with Crippen LogP contribution in [0.4, 0.5) is 5.82 Å². The molecule has 2 aromatic heterocycles. The number of morpholine rings is 1. The normalized spacial score (nSPS) is 16.9. The minimum Gasteiger partial charge on any atom is -0.497 e. The fourth-order valence-corrected chi connectivity index (χ4v) is 6.35. The lowest BCUT2D eigenvalue weighted by molar-refractivity contribution is 0.122. The summed E-state index contributed by atoms with van der Waals surface area (Å²) in [7, 11) is 3.85. The van der Waals surface area contributed by atoms with Crippen LogP contribution in [0.25, 0.3) is 21.6 Å². The Morgan fingerprint density at radius 2 is 1.73 bits per heavy atom. The van der Waals surface area contributed by atoms with Gasteiger partial charge in [0.1, 0.15) is 18.1 Å². The Morgan fingerprint density at radius 1 is 0.950 bits per heavy atom. The highest BCUT2D eigenvalue weighted by molar-refractivity contribution is 7.19. The SMILES string of the molecule is COc1ccc(COc2cc(-c3nc(N4CCOCC4)c4sc(CN5CCN(C)CC5)cc4n3)ccc2Cl)cc1. The Balaban J connectivity index is 1.30. The maximum atomic E-state index is 6.54. The van der Waals surface area contributed by atoms with Crippen LogP contribution in [0.3, 0.4) is 0 Å². The molecule has 210 valence electrons. The van der Waals surface area contributed by atoms with Gasteiger partial charge in [-0.3, -0.25) is 4.90 Å². The Hall–Kier alpha value is -2.95. The maximum absolute atomic E-state index is 6.54. The molecule has 2 aliphatic rings. The maximum Gasteiger partial charge on any atom is 0.162 e. The summed E-state index contributed by atoms with van der Waals surface area (Å²) < 4.78 is 18.2. The highest BCUT2D eigenvalue weighted by atomic mass is 35.5. The van der Waals surface area contributed by atoms with Gasteiger partial charge in [0.2, 0.25) is 0 Å². The number of hydrogen-bond donors (Lipinski definition) is 0. The van der Waals surface area contributed by atoms with Gasteiger partial charge in [0.05, 0.1) is 35.6 Å². The Bertz CT molecular complexity index is 1450. The molecule has 40 heavy (non-hydrogen) atoms. The topological polar surface area (TPSA) is 63.2 Å². The van der Waals surface area contributed by atoms with Crippen LogP contribution in [0.5, 0.6) is 11.5 Å². The molecule has 10 heteroatoms. The number of anilines is 1. The number of benzene rings is 2. The van der Waals surface area contributed by atoms with E-state index in [0.29, 0.717) is 36.4 Å². The van der Waals surface area contributed by atoms with E-state index in [1.165, 1.54) is 4.88 Å². The van der Waals surface area contributed by atoms with Gasteiger partial charge < -0.3 is 24.0 Å². The lowest BCUT2D eigenvalue weighted by Gasteiger charge is -2.31. The van der Waals surface area contributed by atoms with Gasteiger partial charge in [-0.25, -0.2) is 9.97 Å². The molecule has 2 saturated heterocycles. The van der Waals surface area contributed by atoms with Gasteiger partial charge in [0, 0.05) is 56.3 Å². The highest BCUT2D eigenvalue weighted by Crippen LogP contribution is 2.37. The number of aromatic nitrogens is 2. The summed E-state index contributed by atoms with van der Waals surface area (Å²) in [6.45, 7) is 8.74. The first-order valence-corrected chi connectivity index (χ1v) is 14.8. The van der Waals surface area contributed by atoms with Crippen LogP contribution in [0.2, 0.25) is 5.02 Å². The van der Waals surface area contributed by atoms with Crippen molar-refractivity contribution in [1.82, 2.24) is 19.8 Å². The van der Waals surface area contributed by atoms with Crippen molar-refractivity contribution in [1.29, 1.82) is 0 Å². The summed E-state index contributed by atoms with van der Waals surface area (Å²) in [6.07, 6.45) is 0. The van der Waals surface area contributed by atoms with E-state index in [9.17, 15) is 0 Å². The quantitative estimate of drug-likeness (QED) is 0.283. The molecule has 2 fully saturated rings. The van der Waals surface area contributed by atoms with Gasteiger partial charge in [0.15, 0.2) is 11.6 Å². The minimum absolute atomic E-state index is 0.395. The van der Waals surface area contributed by atoms with Crippen molar-refractivity contribution in [3.8, 4) is 22.9 Å². The van der Waals surface area contributed by atoms with Crippen molar-refractivity contribution in [2.45, 2.75) is 13.2 Å². The van der Waals surface area contributed by atoms with E-state index >= 15 is 0 Å². The number of thiophene rings is 1. The van der Waals surface area contributed by atoms with Gasteiger partial charge in [-0.2, -0.15) is 0 Å². The lowest BCUT2D eigenvalue weighted by atomic mass is 10.2. The van der Waals surface area contributed by atoms with Crippen molar-refractivity contribution >= 4 is 39.0 Å². The lowest BCUT2D eigenvalue weighted by Crippen LogP contribution is -2.43. The third kappa shape index (κ3) is 6.19. The molecule has 4 heterocycles. The number of piperazine rings is 1. The van der Waals surface area contributed by atoms with Crippen LogP contribution < -0.4 is 14.4 Å². The Morgan fingerprint density at radius 3 is 2.48 bits per heavy atom. The largest absolute Gasteiger partial charge is 0.497 e. The molecule has 8 nitrogen and oxygen atoms in total. The zero-order valence-electron chi connectivity index (χ0n) is 22.9. The summed E-state index contributed by atoms with van der Waals surface area (Å²) >= 11 is 8.35. The van der Waals surface area contributed by atoms with Crippen molar-refractivity contribution in [2.24, 2.45) is 0 Å². The third-order valence-corrected chi connectivity index (χ3v) is 8.85. The predicted octanol–water partition coefficient (Wildman–Crippen LogP) is 5.18. The number of hydrogen-bond acceptors (Lipinski definition) is 9. The predicted molar refractivity (Wildman–Crippen MR) is 161 cm³/mol. The summed E-state index contributed by atoms with van der Waals surface area (Å²) in [5, 5.41) is 0.553. The Kier molecular flexibility index (Phi) is 8.36. The minimum atomic E-state index is 0.395. The molecule has 0 bridgehead atoms. The molecule has 4 aromatic rings. The van der Waals surface area contributed by atoms with E-state index < -0.39 is 0 Å². The number of ether oxygens (including phenoxy) is 3. The number of rotatable bonds is 8. The second-order valence-corrected chi connectivity index (χ2v) is 11.8. The zero-order valence-corrected chi connectivity index (χ0v) is 24.5. The molecule has 0 amide bonds. The molecule has 0 unspecified atom stereocenters. The van der Waals surface area contributed by atoms with E-state index in [1.54, 1.807) is 7.11 Å². The highest BCUT2D eigenvalue weighted by Gasteiger charge is 2.22. The summed E-state index contributed by atoms with van der Waals surface area (Å²) in [6, 6.07) is 15.8. The van der Waals surface area contributed by atoms with Gasteiger partial charge in [-0.15, -0.1) is 11.3 Å². The monoisotopic (exact) mass is 579 g/mol. The van der Waals surface area contributed by atoms with Crippen molar-refractivity contribution in [3.05, 3.63) is 64.0 Å². The van der Waals surface area contributed by atoms with Crippen LogP contribution in [-0.4, -0.2) is 86.4 Å². The second kappa shape index (κ2) is 12.3. The molecule has 2 aromatic carbocycles. The zero-order chi connectivity index (χ0) is 27.5. The van der Waals surface area contributed by atoms with Crippen molar-refractivity contribution < 1.29 is 14.2 Å². The van der Waals surface area contributed by atoms with Gasteiger partial charge >= 0.3 is 0 Å². The van der Waals surface area contributed by atoms with Crippen molar-refractivity contribution in [2.75, 3.05) is 71.5 Å². The first-order valence-electron chi connectivity index (χ1n) is 13.7. The number of nitrogens with zero attached hydrogens (tertiary/aromatic N) is 5. The molecule has 0 radical (unpaired) electrons. The Labute approximate surface area is 244 Å². The third-order valence-electron chi connectivity index (χ3n) is 7.43. The first kappa shape index (κ1) is 27.2. The summed E-state index contributed by atoms with van der Waals surface area (Å²) in [5.74, 6) is 3.07.